The molecule has 6 heteroatoms. The van der Waals surface area contributed by atoms with Gasteiger partial charge in [-0.05, 0) is 61.7 Å². The molecule has 2 N–H and O–H groups in total. The van der Waals surface area contributed by atoms with Crippen molar-refractivity contribution in [2.45, 2.75) is 6.54 Å². The molecule has 0 aliphatic heterocycles. The van der Waals surface area contributed by atoms with Gasteiger partial charge in [0.05, 0.1) is 12.8 Å². The third-order valence-corrected chi connectivity index (χ3v) is 4.43. The highest BCUT2D eigenvalue weighted by atomic mass is 79.9. The fourth-order valence-electron chi connectivity index (χ4n) is 1.75. The van der Waals surface area contributed by atoms with E-state index in [1.54, 1.807) is 12.1 Å². The van der Waals surface area contributed by atoms with Gasteiger partial charge >= 0.3 is 0 Å². The summed E-state index contributed by atoms with van der Waals surface area (Å²) < 4.78 is 7.92. The molecule has 3 nitrogen and oxygen atoms in total. The monoisotopic (exact) mass is 463 g/mol. The third-order valence-electron chi connectivity index (χ3n) is 2.72. The average molecular weight is 466 g/mol. The molecule has 2 aromatic carbocycles. The summed E-state index contributed by atoms with van der Waals surface area (Å²) in [5.41, 5.74) is 1.92. The van der Waals surface area contributed by atoms with Crippen LogP contribution in [0.25, 0.3) is 0 Å². The molecule has 0 aromatic heterocycles. The number of aromatic hydroxyl groups is 1. The highest BCUT2D eigenvalue weighted by Gasteiger charge is 2.07. The maximum atomic E-state index is 9.76. The minimum Gasteiger partial charge on any atom is -0.504 e. The zero-order valence-corrected chi connectivity index (χ0v) is 15.3. The van der Waals surface area contributed by atoms with Crippen LogP contribution >= 0.6 is 47.8 Å². The second-order valence-corrected chi connectivity index (χ2v) is 6.73. The van der Waals surface area contributed by atoms with Crippen LogP contribution in [0.4, 0.5) is 5.69 Å². The van der Waals surface area contributed by atoms with Crippen LogP contribution in [-0.4, -0.2) is 12.2 Å². The summed E-state index contributed by atoms with van der Waals surface area (Å²) in [6.07, 6.45) is 0. The highest BCUT2D eigenvalue weighted by molar-refractivity contribution is 9.11. The minimum absolute atomic E-state index is 0.140. The van der Waals surface area contributed by atoms with E-state index >= 15 is 0 Å². The van der Waals surface area contributed by atoms with E-state index in [1.807, 2.05) is 18.2 Å². The Kier molecular flexibility index (Phi) is 5.35. The fraction of sp³-hybridized carbons (Fsp3) is 0.143. The second-order valence-electron chi connectivity index (χ2n) is 4.10. The molecule has 20 heavy (non-hydrogen) atoms. The SMILES string of the molecule is COc1ccc(CNc2c(Br)cc(Br)cc2Br)cc1O. The van der Waals surface area contributed by atoms with Crippen molar-refractivity contribution in [1.29, 1.82) is 0 Å². The number of phenolic OH excluding ortho intramolecular Hbond substituents is 1. The highest BCUT2D eigenvalue weighted by Crippen LogP contribution is 2.35. The number of phenols is 1. The molecule has 0 radical (unpaired) electrons. The molecule has 0 atom stereocenters. The lowest BCUT2D eigenvalue weighted by Crippen LogP contribution is -2.01. The van der Waals surface area contributed by atoms with Crippen LogP contribution in [0.1, 0.15) is 5.56 Å². The lowest BCUT2D eigenvalue weighted by Gasteiger charge is -2.12. The first-order valence-corrected chi connectivity index (χ1v) is 8.13. The zero-order valence-electron chi connectivity index (χ0n) is 10.6. The molecule has 0 spiro atoms. The van der Waals surface area contributed by atoms with Crippen molar-refractivity contribution in [3.63, 3.8) is 0 Å². The molecule has 0 saturated heterocycles. The van der Waals surface area contributed by atoms with Crippen LogP contribution < -0.4 is 10.1 Å². The number of hydrogen-bond acceptors (Lipinski definition) is 3. The van der Waals surface area contributed by atoms with Gasteiger partial charge in [-0.15, -0.1) is 0 Å². The Morgan fingerprint density at radius 2 is 1.75 bits per heavy atom. The first-order valence-electron chi connectivity index (χ1n) is 5.75. The van der Waals surface area contributed by atoms with Crippen LogP contribution in [0.5, 0.6) is 11.5 Å². The Balaban J connectivity index is 2.15. The number of rotatable bonds is 4. The van der Waals surface area contributed by atoms with E-state index in [1.165, 1.54) is 7.11 Å². The van der Waals surface area contributed by atoms with Crippen molar-refractivity contribution in [3.05, 3.63) is 49.3 Å². The van der Waals surface area contributed by atoms with E-state index in [4.69, 9.17) is 4.74 Å². The Hall–Kier alpha value is -0.720. The number of nitrogens with one attached hydrogen (secondary N) is 1. The summed E-state index contributed by atoms with van der Waals surface area (Å²) in [6.45, 7) is 0.594. The molecule has 0 saturated carbocycles. The summed E-state index contributed by atoms with van der Waals surface area (Å²) in [6, 6.07) is 9.29. The summed E-state index contributed by atoms with van der Waals surface area (Å²) in [7, 11) is 1.53. The Morgan fingerprint density at radius 3 is 2.30 bits per heavy atom. The van der Waals surface area contributed by atoms with Gasteiger partial charge in [-0.3, -0.25) is 0 Å². The maximum Gasteiger partial charge on any atom is 0.160 e. The third kappa shape index (κ3) is 3.68. The van der Waals surface area contributed by atoms with Crippen molar-refractivity contribution in [2.24, 2.45) is 0 Å². The van der Waals surface area contributed by atoms with Crippen molar-refractivity contribution < 1.29 is 9.84 Å². The van der Waals surface area contributed by atoms with Crippen LogP contribution in [0.15, 0.2) is 43.7 Å². The molecule has 106 valence electrons. The molecule has 0 aliphatic carbocycles. The van der Waals surface area contributed by atoms with Crippen molar-refractivity contribution in [1.82, 2.24) is 0 Å². The van der Waals surface area contributed by atoms with Gasteiger partial charge in [-0.1, -0.05) is 22.0 Å². The van der Waals surface area contributed by atoms with E-state index in [9.17, 15) is 5.11 Å². The summed E-state index contributed by atoms with van der Waals surface area (Å²) in [4.78, 5) is 0. The topological polar surface area (TPSA) is 41.5 Å². The van der Waals surface area contributed by atoms with Crippen molar-refractivity contribution in [2.75, 3.05) is 12.4 Å². The first-order chi connectivity index (χ1) is 9.51. The predicted molar refractivity (Wildman–Crippen MR) is 91.5 cm³/mol. The standard InChI is InChI=1S/C14H12Br3NO2/c1-20-13-3-2-8(4-12(13)19)7-18-14-10(16)5-9(15)6-11(14)17/h2-6,18-19H,7H2,1H3. The van der Waals surface area contributed by atoms with Gasteiger partial charge in [0.2, 0.25) is 0 Å². The molecule has 0 bridgehead atoms. The summed E-state index contributed by atoms with van der Waals surface area (Å²) in [5.74, 6) is 0.612. The van der Waals surface area contributed by atoms with Crippen LogP contribution in [0.3, 0.4) is 0 Å². The van der Waals surface area contributed by atoms with E-state index < -0.39 is 0 Å². The quantitative estimate of drug-likeness (QED) is 0.643. The van der Waals surface area contributed by atoms with Gasteiger partial charge in [0.25, 0.3) is 0 Å². The van der Waals surface area contributed by atoms with E-state index in [0.29, 0.717) is 12.3 Å². The van der Waals surface area contributed by atoms with Crippen LogP contribution in [0.2, 0.25) is 0 Å². The fourth-order valence-corrected chi connectivity index (χ4v) is 4.29. The number of anilines is 1. The number of ether oxygens (including phenoxy) is 1. The number of benzene rings is 2. The summed E-state index contributed by atoms with van der Waals surface area (Å²) in [5, 5.41) is 13.1. The smallest absolute Gasteiger partial charge is 0.160 e. The van der Waals surface area contributed by atoms with Gasteiger partial charge < -0.3 is 15.2 Å². The van der Waals surface area contributed by atoms with E-state index in [-0.39, 0.29) is 5.75 Å². The normalized spacial score (nSPS) is 10.4. The molecule has 0 unspecified atom stereocenters. The Labute approximate surface area is 142 Å². The van der Waals surface area contributed by atoms with Gasteiger partial charge in [0, 0.05) is 20.0 Å². The van der Waals surface area contributed by atoms with Crippen molar-refractivity contribution >= 4 is 53.5 Å². The van der Waals surface area contributed by atoms with Gasteiger partial charge in [-0.25, -0.2) is 0 Å². The zero-order chi connectivity index (χ0) is 14.7. The molecular weight excluding hydrogens is 454 g/mol. The lowest BCUT2D eigenvalue weighted by atomic mass is 10.2. The average Bonchev–Trinajstić information content (AvgIpc) is 2.37. The largest absolute Gasteiger partial charge is 0.504 e. The summed E-state index contributed by atoms with van der Waals surface area (Å²) >= 11 is 10.5. The maximum absolute atomic E-state index is 9.76. The second kappa shape index (κ2) is 6.83. The number of halogens is 3. The Bertz CT molecular complexity index is 609. The minimum atomic E-state index is 0.140. The van der Waals surface area contributed by atoms with Gasteiger partial charge in [0.1, 0.15) is 0 Å². The van der Waals surface area contributed by atoms with Crippen LogP contribution in [-0.2, 0) is 6.54 Å². The number of hydrogen-bond donors (Lipinski definition) is 2. The molecule has 2 aromatic rings. The van der Waals surface area contributed by atoms with E-state index in [0.717, 1.165) is 24.7 Å². The lowest BCUT2D eigenvalue weighted by molar-refractivity contribution is 0.373. The molecular formula is C14H12Br3NO2. The molecule has 2 rings (SSSR count). The Morgan fingerprint density at radius 1 is 1.10 bits per heavy atom. The first kappa shape index (κ1) is 15.7. The van der Waals surface area contributed by atoms with Crippen LogP contribution in [0, 0.1) is 0 Å². The predicted octanol–water partition coefficient (Wildman–Crippen LogP) is 5.30. The van der Waals surface area contributed by atoms with Gasteiger partial charge in [0.15, 0.2) is 11.5 Å². The molecule has 0 aliphatic rings. The molecule has 0 heterocycles. The van der Waals surface area contributed by atoms with Gasteiger partial charge in [-0.2, -0.15) is 0 Å². The molecule has 0 fully saturated rings. The van der Waals surface area contributed by atoms with E-state index in [2.05, 4.69) is 53.1 Å². The number of methoxy groups -OCH3 is 1. The van der Waals surface area contributed by atoms with Crippen molar-refractivity contribution in [3.8, 4) is 11.5 Å². The molecule has 0 amide bonds.